The van der Waals surface area contributed by atoms with Gasteiger partial charge in [0.25, 0.3) is 0 Å². The van der Waals surface area contributed by atoms with Crippen LogP contribution in [0, 0.1) is 5.82 Å². The lowest BCUT2D eigenvalue weighted by molar-refractivity contribution is 0.122. The number of hydrogen-bond acceptors (Lipinski definition) is 2. The van der Waals surface area contributed by atoms with Crippen LogP contribution in [0.5, 0.6) is 0 Å². The number of nitrogens with zero attached hydrogens (tertiary/aromatic N) is 2. The van der Waals surface area contributed by atoms with E-state index in [-0.39, 0.29) is 5.82 Å². The Morgan fingerprint density at radius 2 is 1.35 bits per heavy atom. The predicted molar refractivity (Wildman–Crippen MR) is 92.8 cm³/mol. The lowest BCUT2D eigenvalue weighted by Crippen LogP contribution is -2.45. The standard InChI is InChI=1S/C20H25FN2/c1-2-17-6-8-18(9-7-17)15-22-10-12-23(13-11-22)16-19-4-3-5-20(21)14-19/h3-9,14H,2,10-13,15-16H2,1H3. The van der Waals surface area contributed by atoms with Gasteiger partial charge < -0.3 is 0 Å². The maximum Gasteiger partial charge on any atom is 0.123 e. The second-order valence-corrected chi connectivity index (χ2v) is 6.35. The van der Waals surface area contributed by atoms with Crippen molar-refractivity contribution in [3.63, 3.8) is 0 Å². The number of rotatable bonds is 5. The molecule has 0 radical (unpaired) electrons. The molecule has 0 saturated carbocycles. The third kappa shape index (κ3) is 4.63. The van der Waals surface area contributed by atoms with E-state index in [2.05, 4.69) is 41.0 Å². The number of benzene rings is 2. The van der Waals surface area contributed by atoms with Crippen LogP contribution in [-0.4, -0.2) is 36.0 Å². The molecule has 122 valence electrons. The Hall–Kier alpha value is -1.71. The molecule has 1 aliphatic rings. The average molecular weight is 312 g/mol. The van der Waals surface area contributed by atoms with E-state index in [1.165, 1.54) is 17.2 Å². The second-order valence-electron chi connectivity index (χ2n) is 6.35. The van der Waals surface area contributed by atoms with E-state index in [1.807, 2.05) is 6.07 Å². The summed E-state index contributed by atoms with van der Waals surface area (Å²) in [7, 11) is 0. The minimum atomic E-state index is -0.142. The van der Waals surface area contributed by atoms with Crippen LogP contribution in [0.1, 0.15) is 23.6 Å². The van der Waals surface area contributed by atoms with Crippen LogP contribution in [0.4, 0.5) is 4.39 Å². The summed E-state index contributed by atoms with van der Waals surface area (Å²) in [4.78, 5) is 4.91. The van der Waals surface area contributed by atoms with E-state index < -0.39 is 0 Å². The molecule has 0 atom stereocenters. The van der Waals surface area contributed by atoms with Gasteiger partial charge in [-0.25, -0.2) is 4.39 Å². The Bertz CT molecular complexity index is 616. The molecule has 0 amide bonds. The van der Waals surface area contributed by atoms with Crippen molar-refractivity contribution in [2.24, 2.45) is 0 Å². The third-order valence-corrected chi connectivity index (χ3v) is 4.60. The smallest absolute Gasteiger partial charge is 0.123 e. The van der Waals surface area contributed by atoms with E-state index in [9.17, 15) is 4.39 Å². The molecule has 1 fully saturated rings. The fourth-order valence-electron chi connectivity index (χ4n) is 3.14. The summed E-state index contributed by atoms with van der Waals surface area (Å²) < 4.78 is 13.3. The molecule has 2 aromatic carbocycles. The second kappa shape index (κ2) is 7.71. The fourth-order valence-corrected chi connectivity index (χ4v) is 3.14. The summed E-state index contributed by atoms with van der Waals surface area (Å²) in [6.07, 6.45) is 1.10. The first-order chi connectivity index (χ1) is 11.2. The van der Waals surface area contributed by atoms with E-state index in [0.29, 0.717) is 0 Å². The van der Waals surface area contributed by atoms with Gasteiger partial charge in [0.2, 0.25) is 0 Å². The van der Waals surface area contributed by atoms with Crippen LogP contribution in [0.15, 0.2) is 48.5 Å². The van der Waals surface area contributed by atoms with E-state index in [1.54, 1.807) is 12.1 Å². The van der Waals surface area contributed by atoms with Gasteiger partial charge in [0, 0.05) is 39.3 Å². The quantitative estimate of drug-likeness (QED) is 0.830. The van der Waals surface area contributed by atoms with Crippen molar-refractivity contribution in [3.8, 4) is 0 Å². The van der Waals surface area contributed by atoms with Crippen molar-refractivity contribution >= 4 is 0 Å². The van der Waals surface area contributed by atoms with E-state index in [4.69, 9.17) is 0 Å². The van der Waals surface area contributed by atoms with Crippen molar-refractivity contribution in [3.05, 3.63) is 71.0 Å². The Labute approximate surface area is 138 Å². The van der Waals surface area contributed by atoms with E-state index >= 15 is 0 Å². The highest BCUT2D eigenvalue weighted by atomic mass is 19.1. The van der Waals surface area contributed by atoms with Gasteiger partial charge in [-0.15, -0.1) is 0 Å². The van der Waals surface area contributed by atoms with Gasteiger partial charge >= 0.3 is 0 Å². The summed E-state index contributed by atoms with van der Waals surface area (Å²) >= 11 is 0. The number of piperazine rings is 1. The zero-order valence-electron chi connectivity index (χ0n) is 13.8. The maximum absolute atomic E-state index is 13.3. The van der Waals surface area contributed by atoms with Gasteiger partial charge in [0.15, 0.2) is 0 Å². The highest BCUT2D eigenvalue weighted by Gasteiger charge is 2.17. The normalized spacial score (nSPS) is 16.6. The van der Waals surface area contributed by atoms with Gasteiger partial charge in [-0.1, -0.05) is 43.3 Å². The van der Waals surface area contributed by atoms with Crippen molar-refractivity contribution in [1.82, 2.24) is 9.80 Å². The summed E-state index contributed by atoms with van der Waals surface area (Å²) in [6.45, 7) is 8.30. The first-order valence-electron chi connectivity index (χ1n) is 8.50. The molecule has 23 heavy (non-hydrogen) atoms. The monoisotopic (exact) mass is 312 g/mol. The summed E-state index contributed by atoms with van der Waals surface area (Å²) in [5.41, 5.74) is 3.85. The number of halogens is 1. The average Bonchev–Trinajstić information content (AvgIpc) is 2.57. The lowest BCUT2D eigenvalue weighted by Gasteiger charge is -2.34. The molecule has 1 heterocycles. The third-order valence-electron chi connectivity index (χ3n) is 4.60. The van der Waals surface area contributed by atoms with Crippen molar-refractivity contribution in [2.75, 3.05) is 26.2 Å². The van der Waals surface area contributed by atoms with Gasteiger partial charge in [-0.05, 0) is 35.2 Å². The predicted octanol–water partition coefficient (Wildman–Crippen LogP) is 3.71. The molecule has 0 spiro atoms. The Balaban J connectivity index is 1.48. The van der Waals surface area contributed by atoms with Crippen LogP contribution in [-0.2, 0) is 19.5 Å². The molecule has 0 unspecified atom stereocenters. The van der Waals surface area contributed by atoms with Crippen molar-refractivity contribution in [2.45, 2.75) is 26.4 Å². The minimum absolute atomic E-state index is 0.142. The van der Waals surface area contributed by atoms with E-state index in [0.717, 1.165) is 51.3 Å². The Morgan fingerprint density at radius 3 is 1.91 bits per heavy atom. The largest absolute Gasteiger partial charge is 0.297 e. The van der Waals surface area contributed by atoms with Crippen LogP contribution in [0.3, 0.4) is 0 Å². The zero-order chi connectivity index (χ0) is 16.1. The maximum atomic E-state index is 13.3. The molecule has 2 aromatic rings. The molecular formula is C20H25FN2. The Morgan fingerprint density at radius 1 is 0.783 bits per heavy atom. The SMILES string of the molecule is CCc1ccc(CN2CCN(Cc3cccc(F)c3)CC2)cc1. The summed E-state index contributed by atoms with van der Waals surface area (Å²) in [5, 5.41) is 0. The van der Waals surface area contributed by atoms with Crippen LogP contribution < -0.4 is 0 Å². The summed E-state index contributed by atoms with van der Waals surface area (Å²) in [5.74, 6) is -0.142. The topological polar surface area (TPSA) is 6.48 Å². The Kier molecular flexibility index (Phi) is 5.42. The highest BCUT2D eigenvalue weighted by molar-refractivity contribution is 5.22. The van der Waals surface area contributed by atoms with Crippen molar-refractivity contribution in [1.29, 1.82) is 0 Å². The van der Waals surface area contributed by atoms with Gasteiger partial charge in [-0.3, -0.25) is 9.80 Å². The van der Waals surface area contributed by atoms with Crippen LogP contribution >= 0.6 is 0 Å². The lowest BCUT2D eigenvalue weighted by atomic mass is 10.1. The van der Waals surface area contributed by atoms with Gasteiger partial charge in [0.1, 0.15) is 5.82 Å². The highest BCUT2D eigenvalue weighted by Crippen LogP contribution is 2.13. The molecule has 0 N–H and O–H groups in total. The van der Waals surface area contributed by atoms with Crippen LogP contribution in [0.25, 0.3) is 0 Å². The molecule has 0 bridgehead atoms. The fraction of sp³-hybridized carbons (Fsp3) is 0.400. The van der Waals surface area contributed by atoms with Gasteiger partial charge in [0.05, 0.1) is 0 Å². The molecule has 0 aliphatic carbocycles. The van der Waals surface area contributed by atoms with Crippen molar-refractivity contribution < 1.29 is 4.39 Å². The van der Waals surface area contributed by atoms with Crippen LogP contribution in [0.2, 0.25) is 0 Å². The molecule has 3 heteroatoms. The first-order valence-corrected chi connectivity index (χ1v) is 8.50. The molecule has 1 saturated heterocycles. The molecule has 3 rings (SSSR count). The first kappa shape index (κ1) is 16.2. The number of aryl methyl sites for hydroxylation is 1. The molecule has 1 aliphatic heterocycles. The minimum Gasteiger partial charge on any atom is -0.297 e. The molecule has 0 aromatic heterocycles. The number of hydrogen-bond donors (Lipinski definition) is 0. The van der Waals surface area contributed by atoms with Gasteiger partial charge in [-0.2, -0.15) is 0 Å². The summed E-state index contributed by atoms with van der Waals surface area (Å²) in [6, 6.07) is 15.9. The molecular weight excluding hydrogens is 287 g/mol. The zero-order valence-corrected chi connectivity index (χ0v) is 13.8. The molecule has 2 nitrogen and oxygen atoms in total.